The van der Waals surface area contributed by atoms with Gasteiger partial charge in [-0.15, -0.1) is 11.3 Å². The van der Waals surface area contributed by atoms with Crippen molar-refractivity contribution in [3.63, 3.8) is 0 Å². The van der Waals surface area contributed by atoms with Gasteiger partial charge in [0.1, 0.15) is 9.71 Å². The van der Waals surface area contributed by atoms with E-state index in [1.807, 2.05) is 53.4 Å². The van der Waals surface area contributed by atoms with Gasteiger partial charge >= 0.3 is 0 Å². The quantitative estimate of drug-likeness (QED) is 0.473. The van der Waals surface area contributed by atoms with Crippen molar-refractivity contribution in [3.05, 3.63) is 71.6 Å². The van der Waals surface area contributed by atoms with Gasteiger partial charge in [-0.2, -0.15) is 0 Å². The Morgan fingerprint density at radius 3 is 2.24 bits per heavy atom. The minimum atomic E-state index is -0.0422. The maximum absolute atomic E-state index is 13.4. The van der Waals surface area contributed by atoms with Crippen LogP contribution in [-0.4, -0.2) is 65.1 Å². The van der Waals surface area contributed by atoms with Crippen LogP contribution in [0.2, 0.25) is 0 Å². The Morgan fingerprint density at radius 1 is 0.970 bits per heavy atom. The molecule has 0 saturated carbocycles. The molecule has 0 aliphatic carbocycles. The lowest BCUT2D eigenvalue weighted by molar-refractivity contribution is 0.0620. The summed E-state index contributed by atoms with van der Waals surface area (Å²) in [5.41, 5.74) is 11.0. The molecular weight excluding hydrogens is 432 g/mol. The number of hydrogen-bond donors (Lipinski definition) is 2. The third kappa shape index (κ3) is 4.23. The van der Waals surface area contributed by atoms with Gasteiger partial charge in [-0.05, 0) is 17.2 Å². The average Bonchev–Trinajstić information content (AvgIpc) is 3.21. The molecule has 5 rings (SSSR count). The number of nitrogens with two attached hydrogens (primary N) is 1. The number of pyridine rings is 1. The van der Waals surface area contributed by atoms with Crippen LogP contribution in [0.5, 0.6) is 0 Å². The zero-order valence-corrected chi connectivity index (χ0v) is 19.1. The van der Waals surface area contributed by atoms with E-state index in [-0.39, 0.29) is 12.5 Å². The van der Waals surface area contributed by atoms with Crippen LogP contribution in [0.3, 0.4) is 0 Å². The molecule has 2 aromatic carbocycles. The van der Waals surface area contributed by atoms with Crippen molar-refractivity contribution >= 4 is 33.1 Å². The maximum atomic E-state index is 13.4. The molecule has 1 saturated heterocycles. The molecule has 0 bridgehead atoms. The second-order valence-electron chi connectivity index (χ2n) is 8.17. The van der Waals surface area contributed by atoms with Gasteiger partial charge in [0.15, 0.2) is 0 Å². The van der Waals surface area contributed by atoms with Crippen molar-refractivity contribution in [3.8, 4) is 22.4 Å². The Hall–Kier alpha value is -3.26. The number of nitrogen functional groups attached to an aromatic ring is 1. The third-order valence-corrected chi connectivity index (χ3v) is 7.21. The SMILES string of the molecule is Nc1c(C(=O)N2CCN(CCO)CC2)sc2nc(-c3ccccc3)cc(-c3ccccc3)c12. The summed E-state index contributed by atoms with van der Waals surface area (Å²) in [7, 11) is 0. The highest BCUT2D eigenvalue weighted by Gasteiger charge is 2.27. The smallest absolute Gasteiger partial charge is 0.266 e. The molecule has 0 radical (unpaired) electrons. The fraction of sp³-hybridized carbons (Fsp3) is 0.231. The first-order valence-corrected chi connectivity index (χ1v) is 11.9. The summed E-state index contributed by atoms with van der Waals surface area (Å²) >= 11 is 1.37. The molecule has 168 valence electrons. The lowest BCUT2D eigenvalue weighted by Gasteiger charge is -2.34. The second-order valence-corrected chi connectivity index (χ2v) is 9.17. The molecule has 1 amide bonds. The molecule has 0 unspecified atom stereocenters. The van der Waals surface area contributed by atoms with E-state index in [1.54, 1.807) is 0 Å². The summed E-state index contributed by atoms with van der Waals surface area (Å²) < 4.78 is 0. The fourth-order valence-corrected chi connectivity index (χ4v) is 5.43. The van der Waals surface area contributed by atoms with Gasteiger partial charge in [-0.1, -0.05) is 60.7 Å². The van der Waals surface area contributed by atoms with E-state index in [4.69, 9.17) is 15.8 Å². The predicted octanol–water partition coefficient (Wildman–Crippen LogP) is 3.96. The standard InChI is InChI=1S/C26H26N4O2S/c27-23-22-20(18-7-3-1-4-8-18)17-21(19-9-5-2-6-10-19)28-25(22)33-24(23)26(32)30-13-11-29(12-14-30)15-16-31/h1-10,17,31H,11-16,27H2. The van der Waals surface area contributed by atoms with Crippen LogP contribution in [-0.2, 0) is 0 Å². The summed E-state index contributed by atoms with van der Waals surface area (Å²) in [5, 5.41) is 10.0. The molecule has 1 aliphatic rings. The number of rotatable bonds is 5. The molecule has 1 aliphatic heterocycles. The molecule has 0 spiro atoms. The first kappa shape index (κ1) is 21.6. The molecule has 3 N–H and O–H groups in total. The first-order valence-electron chi connectivity index (χ1n) is 11.1. The van der Waals surface area contributed by atoms with Crippen molar-refractivity contribution in [2.75, 3.05) is 45.1 Å². The summed E-state index contributed by atoms with van der Waals surface area (Å²) in [6.45, 7) is 3.53. The largest absolute Gasteiger partial charge is 0.397 e. The minimum Gasteiger partial charge on any atom is -0.397 e. The highest BCUT2D eigenvalue weighted by atomic mass is 32.1. The number of hydrogen-bond acceptors (Lipinski definition) is 6. The zero-order chi connectivity index (χ0) is 22.8. The number of nitrogens with zero attached hydrogens (tertiary/aromatic N) is 3. The highest BCUT2D eigenvalue weighted by Crippen LogP contribution is 2.41. The lowest BCUT2D eigenvalue weighted by Crippen LogP contribution is -2.49. The summed E-state index contributed by atoms with van der Waals surface area (Å²) in [5.74, 6) is -0.0422. The Bertz CT molecular complexity index is 1270. The summed E-state index contributed by atoms with van der Waals surface area (Å²) in [6.07, 6.45) is 0. The predicted molar refractivity (Wildman–Crippen MR) is 134 cm³/mol. The summed E-state index contributed by atoms with van der Waals surface area (Å²) in [4.78, 5) is 23.7. The number of carbonyl (C=O) groups is 1. The van der Waals surface area contributed by atoms with Gasteiger partial charge in [0.2, 0.25) is 0 Å². The van der Waals surface area contributed by atoms with Crippen molar-refractivity contribution < 1.29 is 9.90 Å². The third-order valence-electron chi connectivity index (χ3n) is 6.12. The van der Waals surface area contributed by atoms with E-state index in [2.05, 4.69) is 23.1 Å². The van der Waals surface area contributed by atoms with Gasteiger partial charge in [0, 0.05) is 43.7 Å². The number of aromatic nitrogens is 1. The molecular formula is C26H26N4O2S. The number of thiophene rings is 1. The Kier molecular flexibility index (Phi) is 6.09. The van der Waals surface area contributed by atoms with E-state index in [0.29, 0.717) is 30.2 Å². The summed E-state index contributed by atoms with van der Waals surface area (Å²) in [6, 6.07) is 22.2. The number of anilines is 1. The number of benzene rings is 2. The van der Waals surface area contributed by atoms with Crippen molar-refractivity contribution in [1.29, 1.82) is 0 Å². The number of piperazine rings is 1. The van der Waals surface area contributed by atoms with Crippen molar-refractivity contribution in [1.82, 2.24) is 14.8 Å². The topological polar surface area (TPSA) is 82.7 Å². The molecule has 3 heterocycles. The van der Waals surface area contributed by atoms with Crippen LogP contribution in [0.4, 0.5) is 5.69 Å². The molecule has 33 heavy (non-hydrogen) atoms. The molecule has 2 aromatic heterocycles. The van der Waals surface area contributed by atoms with Crippen LogP contribution in [0.25, 0.3) is 32.6 Å². The average molecular weight is 459 g/mol. The van der Waals surface area contributed by atoms with Crippen LogP contribution in [0.15, 0.2) is 66.7 Å². The normalized spacial score (nSPS) is 14.6. The molecule has 6 nitrogen and oxygen atoms in total. The molecule has 0 atom stereocenters. The molecule has 7 heteroatoms. The van der Waals surface area contributed by atoms with Crippen molar-refractivity contribution in [2.24, 2.45) is 0 Å². The van der Waals surface area contributed by atoms with E-state index in [9.17, 15) is 4.79 Å². The van der Waals surface area contributed by atoms with E-state index >= 15 is 0 Å². The number of aliphatic hydroxyl groups is 1. The van der Waals surface area contributed by atoms with E-state index in [1.165, 1.54) is 11.3 Å². The second kappa shape index (κ2) is 9.31. The van der Waals surface area contributed by atoms with Gasteiger partial charge in [0.05, 0.1) is 18.0 Å². The molecule has 1 fully saturated rings. The minimum absolute atomic E-state index is 0.0422. The lowest BCUT2D eigenvalue weighted by atomic mass is 9.99. The number of fused-ring (bicyclic) bond motifs is 1. The Morgan fingerprint density at radius 2 is 1.61 bits per heavy atom. The first-order chi connectivity index (χ1) is 16.2. The van der Waals surface area contributed by atoms with Crippen LogP contribution in [0.1, 0.15) is 9.67 Å². The van der Waals surface area contributed by atoms with Gasteiger partial charge in [-0.3, -0.25) is 9.69 Å². The van der Waals surface area contributed by atoms with Crippen molar-refractivity contribution in [2.45, 2.75) is 0 Å². The Balaban J connectivity index is 1.58. The van der Waals surface area contributed by atoms with Gasteiger partial charge in [-0.25, -0.2) is 4.98 Å². The maximum Gasteiger partial charge on any atom is 0.266 e. The number of amides is 1. The number of β-amino-alcohol motifs (C(OH)–C–C–N with tert-alkyl or cyclic N) is 1. The number of aliphatic hydroxyl groups excluding tert-OH is 1. The van der Waals surface area contributed by atoms with E-state index in [0.717, 1.165) is 45.7 Å². The number of carbonyl (C=O) groups excluding carboxylic acids is 1. The fourth-order valence-electron chi connectivity index (χ4n) is 4.34. The van der Waals surface area contributed by atoms with Gasteiger partial charge < -0.3 is 15.7 Å². The van der Waals surface area contributed by atoms with Crippen LogP contribution >= 0.6 is 11.3 Å². The van der Waals surface area contributed by atoms with Gasteiger partial charge in [0.25, 0.3) is 5.91 Å². The Labute approximate surface area is 196 Å². The highest BCUT2D eigenvalue weighted by molar-refractivity contribution is 7.21. The monoisotopic (exact) mass is 458 g/mol. The van der Waals surface area contributed by atoms with Crippen LogP contribution in [0, 0.1) is 0 Å². The zero-order valence-electron chi connectivity index (χ0n) is 18.3. The van der Waals surface area contributed by atoms with Crippen LogP contribution < -0.4 is 5.73 Å². The molecule has 4 aromatic rings. The van der Waals surface area contributed by atoms with E-state index < -0.39 is 0 Å².